The second kappa shape index (κ2) is 15.2. The molecule has 1 fully saturated rings. The van der Waals surface area contributed by atoms with E-state index in [9.17, 15) is 9.90 Å². The van der Waals surface area contributed by atoms with E-state index in [1.165, 1.54) is 0 Å². The van der Waals surface area contributed by atoms with Crippen LogP contribution in [0.15, 0.2) is 108 Å². The second-order valence-electron chi connectivity index (χ2n) is 10.9. The number of ether oxygens (including phenoxy) is 2. The van der Waals surface area contributed by atoms with Gasteiger partial charge in [0.2, 0.25) is 5.16 Å². The van der Waals surface area contributed by atoms with E-state index < -0.39 is 6.29 Å². The molecule has 1 aliphatic heterocycles. The topological polar surface area (TPSA) is 123 Å². The maximum atomic E-state index is 12.0. The zero-order valence-corrected chi connectivity index (χ0v) is 26.3. The summed E-state index contributed by atoms with van der Waals surface area (Å²) in [6.07, 6.45) is -0.287. The standard InChI is InChI=1S/C35H36N6O4S/c1-2-36-34(43)37-21-28-8-6-7-11-31(28)25-16-18-27(19-17-25)33-44-30(20-32(45-33)26-14-12-24(22-42)13-15-26)23-46-35-38-39-40-41(35)29-9-4-3-5-10-29/h3-19,30,32-33,42H,2,20-23H2,1H3,(H2,36,37,43)/t30-,32+,33+/m1/s1. The maximum Gasteiger partial charge on any atom is 0.315 e. The Labute approximate surface area is 272 Å². The van der Waals surface area contributed by atoms with Crippen LogP contribution in [0.1, 0.15) is 48.0 Å². The Balaban J connectivity index is 1.20. The number of urea groups is 1. The number of nitrogens with zero attached hydrogens (tertiary/aromatic N) is 4. The maximum absolute atomic E-state index is 12.0. The molecule has 10 nitrogen and oxygen atoms in total. The van der Waals surface area contributed by atoms with Gasteiger partial charge in [-0.2, -0.15) is 4.68 Å². The summed E-state index contributed by atoms with van der Waals surface area (Å²) in [5.41, 5.74) is 6.77. The van der Waals surface area contributed by atoms with Crippen LogP contribution in [0.3, 0.4) is 0 Å². The van der Waals surface area contributed by atoms with Crippen LogP contribution in [0, 0.1) is 0 Å². The van der Waals surface area contributed by atoms with Crippen molar-refractivity contribution < 1.29 is 19.4 Å². The van der Waals surface area contributed by atoms with Crippen molar-refractivity contribution in [3.63, 3.8) is 0 Å². The van der Waals surface area contributed by atoms with Gasteiger partial charge in [-0.3, -0.25) is 0 Å². The molecule has 0 radical (unpaired) electrons. The van der Waals surface area contributed by atoms with E-state index in [1.54, 1.807) is 16.4 Å². The van der Waals surface area contributed by atoms with Crippen molar-refractivity contribution in [2.45, 2.75) is 50.2 Å². The number of rotatable bonds is 11. The molecular formula is C35H36N6O4S. The monoisotopic (exact) mass is 636 g/mol. The Kier molecular flexibility index (Phi) is 10.4. The number of carbonyl (C=O) groups is 1. The van der Waals surface area contributed by atoms with Crippen LogP contribution in [0.4, 0.5) is 4.79 Å². The van der Waals surface area contributed by atoms with Crippen molar-refractivity contribution in [1.29, 1.82) is 0 Å². The van der Waals surface area contributed by atoms with Crippen LogP contribution >= 0.6 is 11.8 Å². The molecule has 236 valence electrons. The van der Waals surface area contributed by atoms with Gasteiger partial charge in [0.1, 0.15) is 0 Å². The van der Waals surface area contributed by atoms with Gasteiger partial charge in [-0.25, -0.2) is 4.79 Å². The molecule has 0 bridgehead atoms. The number of hydrogen-bond acceptors (Lipinski definition) is 8. The van der Waals surface area contributed by atoms with Gasteiger partial charge in [0.25, 0.3) is 0 Å². The Morgan fingerprint density at radius 1 is 0.913 bits per heavy atom. The second-order valence-corrected chi connectivity index (χ2v) is 11.8. The highest BCUT2D eigenvalue weighted by Gasteiger charge is 2.32. The van der Waals surface area contributed by atoms with Crippen LogP contribution in [0.2, 0.25) is 0 Å². The fourth-order valence-electron chi connectivity index (χ4n) is 5.36. The number of thioether (sulfide) groups is 1. The number of nitrogens with one attached hydrogen (secondary N) is 2. The highest BCUT2D eigenvalue weighted by atomic mass is 32.2. The summed E-state index contributed by atoms with van der Waals surface area (Å²) in [5, 5.41) is 28.3. The average Bonchev–Trinajstić information content (AvgIpc) is 3.59. The number of tetrazole rings is 1. The lowest BCUT2D eigenvalue weighted by molar-refractivity contribution is -0.245. The van der Waals surface area contributed by atoms with E-state index in [4.69, 9.17) is 9.47 Å². The van der Waals surface area contributed by atoms with E-state index in [0.717, 1.165) is 39.1 Å². The zero-order chi connectivity index (χ0) is 31.7. The van der Waals surface area contributed by atoms with Crippen LogP contribution in [0.25, 0.3) is 16.8 Å². The van der Waals surface area contributed by atoms with Gasteiger partial charge in [0.05, 0.1) is 24.5 Å². The van der Waals surface area contributed by atoms with Gasteiger partial charge in [0, 0.05) is 30.8 Å². The first-order valence-electron chi connectivity index (χ1n) is 15.3. The van der Waals surface area contributed by atoms with E-state index in [1.807, 2.05) is 91.9 Å². The van der Waals surface area contributed by atoms with Crippen molar-refractivity contribution in [3.05, 3.63) is 125 Å². The molecule has 46 heavy (non-hydrogen) atoms. The van der Waals surface area contributed by atoms with E-state index >= 15 is 0 Å². The number of carbonyl (C=O) groups excluding carboxylic acids is 1. The molecule has 1 saturated heterocycles. The highest BCUT2D eigenvalue weighted by molar-refractivity contribution is 7.99. The molecule has 3 N–H and O–H groups in total. The number of para-hydroxylation sites is 1. The number of aromatic nitrogens is 4. The van der Waals surface area contributed by atoms with Crippen molar-refractivity contribution in [3.8, 4) is 16.8 Å². The first kappa shape index (κ1) is 31.4. The van der Waals surface area contributed by atoms with E-state index in [-0.39, 0.29) is 24.8 Å². The van der Waals surface area contributed by atoms with Crippen LogP contribution < -0.4 is 10.6 Å². The lowest BCUT2D eigenvalue weighted by atomic mass is 9.98. The predicted octanol–water partition coefficient (Wildman–Crippen LogP) is 5.98. The van der Waals surface area contributed by atoms with Crippen molar-refractivity contribution in [2.24, 2.45) is 0 Å². The third-order valence-electron chi connectivity index (χ3n) is 7.74. The third kappa shape index (κ3) is 7.63. The predicted molar refractivity (Wildman–Crippen MR) is 176 cm³/mol. The largest absolute Gasteiger partial charge is 0.392 e. The lowest BCUT2D eigenvalue weighted by Gasteiger charge is -2.36. The fraction of sp³-hybridized carbons (Fsp3) is 0.257. The molecule has 11 heteroatoms. The van der Waals surface area contributed by atoms with E-state index in [2.05, 4.69) is 44.4 Å². The molecule has 4 aromatic carbocycles. The molecule has 3 atom stereocenters. The van der Waals surface area contributed by atoms with E-state index in [0.29, 0.717) is 30.4 Å². The van der Waals surface area contributed by atoms with Gasteiger partial charge < -0.3 is 25.2 Å². The molecule has 5 aromatic rings. The summed E-state index contributed by atoms with van der Waals surface area (Å²) in [7, 11) is 0. The Morgan fingerprint density at radius 3 is 2.41 bits per heavy atom. The van der Waals surface area contributed by atoms with Crippen LogP contribution in [0.5, 0.6) is 0 Å². The molecule has 2 heterocycles. The molecule has 2 amide bonds. The van der Waals surface area contributed by atoms with Gasteiger partial charge >= 0.3 is 6.03 Å². The molecule has 0 unspecified atom stereocenters. The Morgan fingerprint density at radius 2 is 1.65 bits per heavy atom. The first-order valence-corrected chi connectivity index (χ1v) is 16.3. The summed E-state index contributed by atoms with van der Waals surface area (Å²) in [6, 6.07) is 33.7. The SMILES string of the molecule is CCNC(=O)NCc1ccccc1-c1ccc([C@H]2O[C@@H](CSc3nnnn3-c3ccccc3)C[C@@H](c3ccc(CO)cc3)O2)cc1. The van der Waals surface area contributed by atoms with Crippen LogP contribution in [-0.2, 0) is 22.6 Å². The minimum absolute atomic E-state index is 0.00951. The minimum atomic E-state index is -0.587. The number of aliphatic hydroxyl groups excluding tert-OH is 1. The third-order valence-corrected chi connectivity index (χ3v) is 8.79. The number of hydrogen-bond donors (Lipinski definition) is 3. The summed E-state index contributed by atoms with van der Waals surface area (Å²) in [6.45, 7) is 2.87. The molecule has 6 rings (SSSR count). The molecular weight excluding hydrogens is 600 g/mol. The zero-order valence-electron chi connectivity index (χ0n) is 25.5. The number of amides is 2. The van der Waals surface area contributed by atoms with Gasteiger partial charge in [-0.1, -0.05) is 103 Å². The van der Waals surface area contributed by atoms with Crippen molar-refractivity contribution in [2.75, 3.05) is 12.3 Å². The van der Waals surface area contributed by atoms with Crippen molar-refractivity contribution >= 4 is 17.8 Å². The summed E-state index contributed by atoms with van der Waals surface area (Å²) in [5.74, 6) is 0.627. The Hall–Kier alpha value is -4.55. The molecule has 0 aliphatic carbocycles. The molecule has 1 aliphatic rings. The fourth-order valence-corrected chi connectivity index (χ4v) is 6.27. The molecule has 0 spiro atoms. The number of benzene rings is 4. The highest BCUT2D eigenvalue weighted by Crippen LogP contribution is 2.40. The van der Waals surface area contributed by atoms with Crippen LogP contribution in [-0.4, -0.2) is 49.7 Å². The molecule has 0 saturated carbocycles. The normalized spacial score (nSPS) is 17.8. The summed E-state index contributed by atoms with van der Waals surface area (Å²) < 4.78 is 14.8. The quantitative estimate of drug-likeness (QED) is 0.151. The average molecular weight is 637 g/mol. The van der Waals surface area contributed by atoms with Gasteiger partial charge in [0.15, 0.2) is 6.29 Å². The van der Waals surface area contributed by atoms with Gasteiger partial charge in [-0.05, 0) is 57.3 Å². The van der Waals surface area contributed by atoms with Gasteiger partial charge in [-0.15, -0.1) is 5.10 Å². The number of aliphatic hydroxyl groups is 1. The minimum Gasteiger partial charge on any atom is -0.392 e. The van der Waals surface area contributed by atoms with Crippen molar-refractivity contribution in [1.82, 2.24) is 30.8 Å². The molecule has 1 aromatic heterocycles. The lowest BCUT2D eigenvalue weighted by Crippen LogP contribution is -2.34. The summed E-state index contributed by atoms with van der Waals surface area (Å²) in [4.78, 5) is 12.0. The smallest absolute Gasteiger partial charge is 0.315 e. The summed E-state index contributed by atoms with van der Waals surface area (Å²) >= 11 is 1.55. The first-order chi connectivity index (χ1) is 22.6. The Bertz CT molecular complexity index is 1720.